The molecule has 0 radical (unpaired) electrons. The highest BCUT2D eigenvalue weighted by Crippen LogP contribution is 2.41. The van der Waals surface area contributed by atoms with E-state index in [9.17, 15) is 13.4 Å². The summed E-state index contributed by atoms with van der Waals surface area (Å²) in [5, 5.41) is 0. The molecule has 0 saturated heterocycles. The van der Waals surface area contributed by atoms with Crippen molar-refractivity contribution in [1.82, 2.24) is 0 Å². The van der Waals surface area contributed by atoms with Crippen LogP contribution in [0.5, 0.6) is 34.5 Å². The Labute approximate surface area is 208 Å². The molecule has 0 saturated carbocycles. The fourth-order valence-electron chi connectivity index (χ4n) is 3.27. The van der Waals surface area contributed by atoms with E-state index in [1.807, 2.05) is 0 Å². The van der Waals surface area contributed by atoms with Crippen LogP contribution in [0.4, 0.5) is 8.63 Å². The second-order valence-corrected chi connectivity index (χ2v) is 6.84. The molecule has 0 fully saturated rings. The first-order valence-electron chi connectivity index (χ1n) is 10.5. The standard InChI is InChI=1S/C25H27BF2O8/c1-30-20-13-9-16(22(32-3)24(20)34-5)7-11-18(29)15-19(36-26(27)28)12-8-17-10-14-21(31-2)25(35-6)23(17)33-4/h7-15H,1-6H3/b11-7+,12-8+,19-15-. The predicted octanol–water partition coefficient (Wildman–Crippen LogP) is 4.86. The van der Waals surface area contributed by atoms with E-state index in [1.54, 1.807) is 24.3 Å². The smallest absolute Gasteiger partial charge is 0.505 e. The minimum Gasteiger partial charge on any atom is -0.505 e. The highest BCUT2D eigenvalue weighted by molar-refractivity contribution is 6.35. The van der Waals surface area contributed by atoms with Crippen molar-refractivity contribution < 1.29 is 46.5 Å². The van der Waals surface area contributed by atoms with Crippen molar-refractivity contribution in [2.24, 2.45) is 0 Å². The number of halogens is 2. The molecule has 36 heavy (non-hydrogen) atoms. The number of hydrogen-bond donors (Lipinski definition) is 0. The summed E-state index contributed by atoms with van der Waals surface area (Å²) in [7, 11) is 5.58. The first-order chi connectivity index (χ1) is 17.3. The van der Waals surface area contributed by atoms with Crippen molar-refractivity contribution in [2.45, 2.75) is 0 Å². The van der Waals surface area contributed by atoms with E-state index in [2.05, 4.69) is 4.65 Å². The molecule has 0 unspecified atom stereocenters. The van der Waals surface area contributed by atoms with Gasteiger partial charge in [-0.2, -0.15) is 0 Å². The summed E-state index contributed by atoms with van der Waals surface area (Å²) >= 11 is 0. The Morgan fingerprint density at radius 3 is 1.50 bits per heavy atom. The lowest BCUT2D eigenvalue weighted by Crippen LogP contribution is -2.05. The van der Waals surface area contributed by atoms with Gasteiger partial charge in [-0.25, -0.2) is 8.63 Å². The van der Waals surface area contributed by atoms with Crippen molar-refractivity contribution in [2.75, 3.05) is 42.7 Å². The minimum atomic E-state index is -3.14. The fourth-order valence-corrected chi connectivity index (χ4v) is 3.27. The number of rotatable bonds is 13. The maximum Gasteiger partial charge on any atom is 0.796 e. The van der Waals surface area contributed by atoms with E-state index in [1.165, 1.54) is 67.0 Å². The molecule has 0 amide bonds. The van der Waals surface area contributed by atoms with E-state index in [4.69, 9.17) is 28.4 Å². The van der Waals surface area contributed by atoms with Crippen LogP contribution in [-0.2, 0) is 9.45 Å². The number of methoxy groups -OCH3 is 6. The Hall–Kier alpha value is -4.15. The van der Waals surface area contributed by atoms with Crippen LogP contribution in [0, 0.1) is 0 Å². The Bertz CT molecular complexity index is 1150. The lowest BCUT2D eigenvalue weighted by atomic mass is 10.1. The molecule has 0 aliphatic rings. The molecule has 192 valence electrons. The zero-order valence-corrected chi connectivity index (χ0v) is 20.8. The van der Waals surface area contributed by atoms with Gasteiger partial charge in [0.15, 0.2) is 28.8 Å². The van der Waals surface area contributed by atoms with Gasteiger partial charge in [-0.15, -0.1) is 0 Å². The Kier molecular flexibility index (Phi) is 10.7. The van der Waals surface area contributed by atoms with Gasteiger partial charge < -0.3 is 33.1 Å². The van der Waals surface area contributed by atoms with Gasteiger partial charge in [0.2, 0.25) is 11.5 Å². The molecular formula is C25H27BF2O8. The molecule has 2 aromatic rings. The summed E-state index contributed by atoms with van der Waals surface area (Å²) in [6, 6.07) is 6.57. The van der Waals surface area contributed by atoms with Crippen molar-refractivity contribution in [3.05, 3.63) is 59.4 Å². The second-order valence-electron chi connectivity index (χ2n) is 6.84. The average Bonchev–Trinajstić information content (AvgIpc) is 2.88. The summed E-state index contributed by atoms with van der Waals surface area (Å²) in [5.74, 6) is 1.23. The summed E-state index contributed by atoms with van der Waals surface area (Å²) in [5.41, 5.74) is 0.996. The number of carbonyl (C=O) groups excluding carboxylic acids is 1. The molecule has 0 spiro atoms. The highest BCUT2D eigenvalue weighted by Gasteiger charge is 2.20. The lowest BCUT2D eigenvalue weighted by Gasteiger charge is -2.14. The lowest BCUT2D eigenvalue weighted by molar-refractivity contribution is -0.110. The van der Waals surface area contributed by atoms with Gasteiger partial charge in [0.05, 0.1) is 42.7 Å². The van der Waals surface area contributed by atoms with Crippen molar-refractivity contribution in [1.29, 1.82) is 0 Å². The SMILES string of the molecule is COc1ccc(/C=C/C(=O)/C=C(/C=C/c2ccc(OC)c(OC)c2OC)OB(F)F)c(OC)c1OC. The van der Waals surface area contributed by atoms with E-state index in [0.717, 1.165) is 6.08 Å². The molecule has 0 aliphatic heterocycles. The number of allylic oxidation sites excluding steroid dienone is 3. The Morgan fingerprint density at radius 2 is 1.11 bits per heavy atom. The molecular weight excluding hydrogens is 477 g/mol. The number of carbonyl (C=O) groups is 1. The summed E-state index contributed by atoms with van der Waals surface area (Å²) < 4.78 is 62.4. The number of hydrogen-bond acceptors (Lipinski definition) is 8. The zero-order chi connectivity index (χ0) is 26.7. The predicted molar refractivity (Wildman–Crippen MR) is 132 cm³/mol. The van der Waals surface area contributed by atoms with E-state index < -0.39 is 13.3 Å². The molecule has 0 aliphatic carbocycles. The topological polar surface area (TPSA) is 81.7 Å². The quantitative estimate of drug-likeness (QED) is 0.166. The fraction of sp³-hybridized carbons (Fsp3) is 0.240. The molecule has 8 nitrogen and oxygen atoms in total. The van der Waals surface area contributed by atoms with Crippen molar-refractivity contribution in [3.63, 3.8) is 0 Å². The largest absolute Gasteiger partial charge is 0.796 e. The summed E-state index contributed by atoms with van der Waals surface area (Å²) in [4.78, 5) is 12.5. The molecule has 0 aromatic heterocycles. The van der Waals surface area contributed by atoms with E-state index in [0.29, 0.717) is 45.6 Å². The van der Waals surface area contributed by atoms with Gasteiger partial charge >= 0.3 is 7.47 Å². The van der Waals surface area contributed by atoms with Crippen LogP contribution in [0.2, 0.25) is 0 Å². The van der Waals surface area contributed by atoms with Crippen molar-refractivity contribution in [3.8, 4) is 34.5 Å². The molecule has 2 rings (SSSR count). The van der Waals surface area contributed by atoms with Crippen LogP contribution < -0.4 is 28.4 Å². The highest BCUT2D eigenvalue weighted by atomic mass is 19.2. The van der Waals surface area contributed by atoms with Crippen LogP contribution in [0.1, 0.15) is 11.1 Å². The maximum atomic E-state index is 13.0. The number of ketones is 1. The van der Waals surface area contributed by atoms with E-state index >= 15 is 0 Å². The molecule has 0 N–H and O–H groups in total. The molecule has 0 heterocycles. The van der Waals surface area contributed by atoms with E-state index in [-0.39, 0.29) is 5.76 Å². The van der Waals surface area contributed by atoms with Crippen LogP contribution >= 0.6 is 0 Å². The van der Waals surface area contributed by atoms with Gasteiger partial charge in [-0.05, 0) is 48.6 Å². The van der Waals surface area contributed by atoms with Crippen LogP contribution in [0.15, 0.2) is 48.3 Å². The number of benzene rings is 2. The van der Waals surface area contributed by atoms with Crippen LogP contribution in [-0.4, -0.2) is 55.9 Å². The van der Waals surface area contributed by atoms with Crippen molar-refractivity contribution >= 4 is 25.4 Å². The molecule has 0 bridgehead atoms. The summed E-state index contributed by atoms with van der Waals surface area (Å²) in [6.07, 6.45) is 6.24. The first kappa shape index (κ1) is 28.1. The maximum absolute atomic E-state index is 13.0. The Morgan fingerprint density at radius 1 is 0.667 bits per heavy atom. The van der Waals surface area contributed by atoms with Crippen LogP contribution in [0.25, 0.3) is 12.2 Å². The third-order valence-electron chi connectivity index (χ3n) is 4.83. The monoisotopic (exact) mass is 504 g/mol. The summed E-state index contributed by atoms with van der Waals surface area (Å²) in [6.45, 7) is 0. The Balaban J connectivity index is 2.38. The van der Waals surface area contributed by atoms with Gasteiger partial charge in [0.25, 0.3) is 0 Å². The minimum absolute atomic E-state index is 0.316. The normalized spacial score (nSPS) is 11.4. The van der Waals surface area contributed by atoms with Gasteiger partial charge in [0, 0.05) is 17.2 Å². The first-order valence-corrected chi connectivity index (χ1v) is 10.5. The second kappa shape index (κ2) is 13.7. The average molecular weight is 504 g/mol. The molecule has 0 atom stereocenters. The van der Waals surface area contributed by atoms with Crippen LogP contribution in [0.3, 0.4) is 0 Å². The van der Waals surface area contributed by atoms with Gasteiger partial charge in [-0.1, -0.05) is 0 Å². The third kappa shape index (κ3) is 6.94. The zero-order valence-electron chi connectivity index (χ0n) is 20.8. The van der Waals surface area contributed by atoms with Gasteiger partial charge in [0.1, 0.15) is 5.76 Å². The molecule has 11 heteroatoms. The third-order valence-corrected chi connectivity index (χ3v) is 4.83. The van der Waals surface area contributed by atoms with Gasteiger partial charge in [-0.3, -0.25) is 4.79 Å². The number of ether oxygens (including phenoxy) is 6. The molecule has 2 aromatic carbocycles.